The molecule has 0 N–H and O–H groups in total. The largest absolute Gasteiger partial charge is 0.294 e. The number of hydrogen-bond donors (Lipinski definition) is 0. The Morgan fingerprint density at radius 1 is 1.24 bits per heavy atom. The summed E-state index contributed by atoms with van der Waals surface area (Å²) in [6.45, 7) is 4.01. The molecule has 3 rings (SSSR count). The summed E-state index contributed by atoms with van der Waals surface area (Å²) in [5.74, 6) is 0.823. The first-order valence-electron chi connectivity index (χ1n) is 6.56. The fraction of sp³-hybridized carbons (Fsp3) is 0.188. The molecule has 3 aromatic rings. The maximum absolute atomic E-state index is 6.34. The molecule has 0 aliphatic rings. The van der Waals surface area contributed by atoms with Crippen LogP contribution in [-0.4, -0.2) is 9.55 Å². The highest BCUT2D eigenvalue weighted by Crippen LogP contribution is 2.33. The number of imidazole rings is 1. The molecule has 0 saturated heterocycles. The zero-order valence-corrected chi connectivity index (χ0v) is 14.7. The molecule has 0 spiro atoms. The van der Waals surface area contributed by atoms with E-state index in [1.165, 1.54) is 0 Å². The minimum Gasteiger partial charge on any atom is -0.294 e. The lowest BCUT2D eigenvalue weighted by atomic mass is 10.2. The molecule has 0 fully saturated rings. The van der Waals surface area contributed by atoms with Crippen molar-refractivity contribution in [1.82, 2.24) is 9.55 Å². The number of fused-ring (bicyclic) bond motifs is 1. The van der Waals surface area contributed by atoms with Crippen molar-refractivity contribution in [2.24, 2.45) is 0 Å². The van der Waals surface area contributed by atoms with Crippen LogP contribution in [-0.2, 0) is 0 Å². The van der Waals surface area contributed by atoms with E-state index in [2.05, 4.69) is 33.5 Å². The highest BCUT2D eigenvalue weighted by molar-refractivity contribution is 9.10. The van der Waals surface area contributed by atoms with Crippen molar-refractivity contribution in [1.29, 1.82) is 0 Å². The third-order valence-electron chi connectivity index (χ3n) is 3.41. The van der Waals surface area contributed by atoms with Gasteiger partial charge in [0, 0.05) is 9.50 Å². The topological polar surface area (TPSA) is 17.8 Å². The van der Waals surface area contributed by atoms with Crippen molar-refractivity contribution in [2.75, 3.05) is 0 Å². The van der Waals surface area contributed by atoms with E-state index in [-0.39, 0.29) is 5.38 Å². The van der Waals surface area contributed by atoms with Crippen LogP contribution in [0.4, 0.5) is 0 Å². The van der Waals surface area contributed by atoms with Crippen molar-refractivity contribution in [3.63, 3.8) is 0 Å². The van der Waals surface area contributed by atoms with Gasteiger partial charge in [-0.1, -0.05) is 23.7 Å². The van der Waals surface area contributed by atoms with Crippen LogP contribution < -0.4 is 0 Å². The molecule has 1 atom stereocenters. The zero-order chi connectivity index (χ0) is 15.1. The first kappa shape index (κ1) is 14.9. The predicted molar refractivity (Wildman–Crippen MR) is 92.8 cm³/mol. The van der Waals surface area contributed by atoms with E-state index in [4.69, 9.17) is 28.2 Å². The maximum atomic E-state index is 6.34. The van der Waals surface area contributed by atoms with Gasteiger partial charge in [-0.05, 0) is 59.6 Å². The summed E-state index contributed by atoms with van der Waals surface area (Å²) in [5.41, 5.74) is 4.16. The van der Waals surface area contributed by atoms with Gasteiger partial charge < -0.3 is 0 Å². The molecule has 0 aliphatic carbocycles. The van der Waals surface area contributed by atoms with Crippen LogP contribution >= 0.6 is 39.1 Å². The lowest BCUT2D eigenvalue weighted by Gasteiger charge is -2.13. The molecular formula is C16H13BrCl2N2. The Morgan fingerprint density at radius 2 is 2.00 bits per heavy atom. The molecule has 0 saturated carbocycles. The Hall–Kier alpha value is -1.03. The number of hydrogen-bond acceptors (Lipinski definition) is 1. The van der Waals surface area contributed by atoms with Gasteiger partial charge in [0.15, 0.2) is 0 Å². The highest BCUT2D eigenvalue weighted by Gasteiger charge is 2.19. The van der Waals surface area contributed by atoms with E-state index in [0.29, 0.717) is 5.02 Å². The Kier molecular flexibility index (Phi) is 4.00. The number of benzene rings is 2. The molecule has 2 aromatic carbocycles. The Morgan fingerprint density at radius 3 is 2.67 bits per heavy atom. The fourth-order valence-electron chi connectivity index (χ4n) is 2.49. The van der Waals surface area contributed by atoms with E-state index in [0.717, 1.165) is 32.6 Å². The average molecular weight is 384 g/mol. The quantitative estimate of drug-likeness (QED) is 0.492. The minimum absolute atomic E-state index is 0.195. The molecule has 1 unspecified atom stereocenters. The van der Waals surface area contributed by atoms with Crippen LogP contribution in [0.15, 0.2) is 40.9 Å². The number of nitrogens with zero attached hydrogens (tertiary/aromatic N) is 2. The summed E-state index contributed by atoms with van der Waals surface area (Å²) < 4.78 is 3.01. The number of aryl methyl sites for hydroxylation is 1. The van der Waals surface area contributed by atoms with Crippen LogP contribution in [0.1, 0.15) is 23.7 Å². The van der Waals surface area contributed by atoms with Gasteiger partial charge in [0.05, 0.1) is 22.1 Å². The molecule has 0 amide bonds. The molecule has 108 valence electrons. The van der Waals surface area contributed by atoms with Crippen molar-refractivity contribution in [3.05, 3.63) is 57.3 Å². The van der Waals surface area contributed by atoms with Crippen molar-refractivity contribution in [3.8, 4) is 5.69 Å². The lowest BCUT2D eigenvalue weighted by molar-refractivity contribution is 0.879. The number of para-hydroxylation sites is 1. The van der Waals surface area contributed by atoms with Crippen LogP contribution in [0.25, 0.3) is 16.7 Å². The van der Waals surface area contributed by atoms with Crippen molar-refractivity contribution >= 4 is 50.2 Å². The number of halogens is 3. The SMILES string of the molecule is Cc1cccc2nc(C(C)Cl)n(-c3ccc(Cl)cc3Br)c12. The van der Waals surface area contributed by atoms with E-state index >= 15 is 0 Å². The second kappa shape index (κ2) is 5.64. The van der Waals surface area contributed by atoms with E-state index in [1.807, 2.05) is 37.3 Å². The van der Waals surface area contributed by atoms with E-state index < -0.39 is 0 Å². The normalized spacial score (nSPS) is 12.8. The monoisotopic (exact) mass is 382 g/mol. The van der Waals surface area contributed by atoms with E-state index in [9.17, 15) is 0 Å². The summed E-state index contributed by atoms with van der Waals surface area (Å²) in [5, 5.41) is 0.492. The number of rotatable bonds is 2. The molecule has 0 radical (unpaired) electrons. The maximum Gasteiger partial charge on any atom is 0.132 e. The first-order chi connectivity index (χ1) is 9.99. The standard InChI is InChI=1S/C16H13BrCl2N2/c1-9-4-3-5-13-15(9)21(16(20-13)10(2)18)14-7-6-11(19)8-12(14)17/h3-8,10H,1-2H3. The Bertz CT molecular complexity index is 825. The molecule has 21 heavy (non-hydrogen) atoms. The van der Waals surface area contributed by atoms with Crippen LogP contribution in [0.2, 0.25) is 5.02 Å². The Balaban J connectivity index is 2.41. The third kappa shape index (κ3) is 2.59. The summed E-state index contributed by atoms with van der Waals surface area (Å²) in [4.78, 5) is 4.69. The summed E-state index contributed by atoms with van der Waals surface area (Å²) >= 11 is 16.0. The summed E-state index contributed by atoms with van der Waals surface area (Å²) in [6, 6.07) is 11.8. The number of alkyl halides is 1. The summed E-state index contributed by atoms with van der Waals surface area (Å²) in [6.07, 6.45) is 0. The molecule has 0 bridgehead atoms. The fourth-order valence-corrected chi connectivity index (χ4v) is 3.49. The molecular weight excluding hydrogens is 371 g/mol. The zero-order valence-electron chi connectivity index (χ0n) is 11.6. The van der Waals surface area contributed by atoms with Gasteiger partial charge in [0.1, 0.15) is 5.82 Å². The van der Waals surface area contributed by atoms with E-state index in [1.54, 1.807) is 0 Å². The molecule has 0 aliphatic heterocycles. The van der Waals surface area contributed by atoms with Gasteiger partial charge in [-0.15, -0.1) is 11.6 Å². The van der Waals surface area contributed by atoms with Gasteiger partial charge in [-0.2, -0.15) is 0 Å². The first-order valence-corrected chi connectivity index (χ1v) is 8.17. The van der Waals surface area contributed by atoms with Gasteiger partial charge in [-0.3, -0.25) is 4.57 Å². The lowest BCUT2D eigenvalue weighted by Crippen LogP contribution is -2.03. The second-order valence-electron chi connectivity index (χ2n) is 4.96. The highest BCUT2D eigenvalue weighted by atomic mass is 79.9. The molecule has 2 nitrogen and oxygen atoms in total. The third-order valence-corrected chi connectivity index (χ3v) is 4.48. The Labute approximate surface area is 141 Å². The second-order valence-corrected chi connectivity index (χ2v) is 6.91. The molecule has 1 aromatic heterocycles. The number of aromatic nitrogens is 2. The van der Waals surface area contributed by atoms with Gasteiger partial charge in [0.25, 0.3) is 0 Å². The van der Waals surface area contributed by atoms with Crippen LogP contribution in [0, 0.1) is 6.92 Å². The minimum atomic E-state index is -0.195. The smallest absolute Gasteiger partial charge is 0.132 e. The van der Waals surface area contributed by atoms with Gasteiger partial charge in [-0.25, -0.2) is 4.98 Å². The van der Waals surface area contributed by atoms with Gasteiger partial charge >= 0.3 is 0 Å². The molecule has 5 heteroatoms. The predicted octanol–water partition coefficient (Wildman–Crippen LogP) is 6.05. The van der Waals surface area contributed by atoms with Gasteiger partial charge in [0.2, 0.25) is 0 Å². The van der Waals surface area contributed by atoms with Crippen LogP contribution in [0.5, 0.6) is 0 Å². The van der Waals surface area contributed by atoms with Crippen molar-refractivity contribution < 1.29 is 0 Å². The van der Waals surface area contributed by atoms with Crippen molar-refractivity contribution in [2.45, 2.75) is 19.2 Å². The molecule has 1 heterocycles. The average Bonchev–Trinajstić information content (AvgIpc) is 2.80. The van der Waals surface area contributed by atoms with Crippen LogP contribution in [0.3, 0.4) is 0 Å². The summed E-state index contributed by atoms with van der Waals surface area (Å²) in [7, 11) is 0.